The van der Waals surface area contributed by atoms with Gasteiger partial charge in [-0.25, -0.2) is 19.2 Å². The highest BCUT2D eigenvalue weighted by Gasteiger charge is 2.30. The van der Waals surface area contributed by atoms with Crippen LogP contribution in [0.1, 0.15) is 64.5 Å². The molecule has 1 aromatic carbocycles. The second kappa shape index (κ2) is 18.0. The van der Waals surface area contributed by atoms with Gasteiger partial charge in [-0.15, -0.1) is 0 Å². The molecule has 0 unspecified atom stereocenters. The van der Waals surface area contributed by atoms with Crippen molar-refractivity contribution in [2.45, 2.75) is 84.2 Å². The van der Waals surface area contributed by atoms with Crippen LogP contribution in [0.5, 0.6) is 5.88 Å². The van der Waals surface area contributed by atoms with Crippen molar-refractivity contribution < 1.29 is 28.2 Å². The molecule has 16 heteroatoms. The molecule has 0 aliphatic carbocycles. The van der Waals surface area contributed by atoms with Crippen LogP contribution in [-0.4, -0.2) is 87.1 Å². The van der Waals surface area contributed by atoms with Gasteiger partial charge in [-0.05, 0) is 70.4 Å². The predicted octanol–water partition coefficient (Wildman–Crippen LogP) is 7.52. The van der Waals surface area contributed by atoms with E-state index < -0.39 is 17.5 Å². The molecule has 6 rings (SSSR count). The zero-order valence-electron chi connectivity index (χ0n) is 32.6. The Hall–Kier alpha value is -5.05. The van der Waals surface area contributed by atoms with E-state index in [1.807, 2.05) is 11.0 Å². The van der Waals surface area contributed by atoms with E-state index >= 15 is 4.39 Å². The fourth-order valence-electron chi connectivity index (χ4n) is 6.86. The molecule has 0 radical (unpaired) electrons. The minimum Gasteiger partial charge on any atom is -0.481 e. The lowest BCUT2D eigenvalue weighted by molar-refractivity contribution is -0.130. The van der Waals surface area contributed by atoms with E-state index in [2.05, 4.69) is 25.9 Å². The van der Waals surface area contributed by atoms with Crippen molar-refractivity contribution in [3.05, 3.63) is 81.8 Å². The largest absolute Gasteiger partial charge is 0.481 e. The summed E-state index contributed by atoms with van der Waals surface area (Å²) in [5, 5.41) is 9.91. The van der Waals surface area contributed by atoms with Crippen molar-refractivity contribution in [2.24, 2.45) is 0 Å². The highest BCUT2D eigenvalue weighted by atomic mass is 35.5. The van der Waals surface area contributed by atoms with Crippen molar-refractivity contribution in [1.29, 1.82) is 0 Å². The Morgan fingerprint density at radius 3 is 2.44 bits per heavy atom. The van der Waals surface area contributed by atoms with Crippen molar-refractivity contribution in [3.8, 4) is 28.4 Å². The Balaban J connectivity index is 1.20. The number of rotatable bonds is 12. The van der Waals surface area contributed by atoms with Gasteiger partial charge in [0.1, 0.15) is 5.60 Å². The van der Waals surface area contributed by atoms with Crippen LogP contribution in [0.25, 0.3) is 22.5 Å². The first kappa shape index (κ1) is 41.6. The molecule has 13 nitrogen and oxygen atoms in total. The molecule has 2 aliphatic heterocycles. The number of benzene rings is 1. The number of piperidine rings is 1. The first-order chi connectivity index (χ1) is 27.2. The van der Waals surface area contributed by atoms with Crippen LogP contribution in [0.3, 0.4) is 0 Å². The summed E-state index contributed by atoms with van der Waals surface area (Å²) in [5.41, 5.74) is 2.67. The third-order valence-corrected chi connectivity index (χ3v) is 10.6. The van der Waals surface area contributed by atoms with E-state index in [-0.39, 0.29) is 58.7 Å². The van der Waals surface area contributed by atoms with Gasteiger partial charge in [-0.2, -0.15) is 0 Å². The zero-order valence-corrected chi connectivity index (χ0v) is 34.1. The third kappa shape index (κ3) is 10.3. The maximum Gasteiger partial charge on any atom is 0.410 e. The molecule has 0 spiro atoms. The third-order valence-electron chi connectivity index (χ3n) is 9.83. The molecule has 2 aliphatic rings. The number of nitrogens with zero attached hydrogens (tertiary/aromatic N) is 5. The molecule has 4 aromatic rings. The average molecular weight is 822 g/mol. The molecule has 3 amide bonds. The van der Waals surface area contributed by atoms with Crippen molar-refractivity contribution in [1.82, 2.24) is 35.4 Å². The number of halogens is 3. The van der Waals surface area contributed by atoms with E-state index in [0.29, 0.717) is 71.8 Å². The predicted molar refractivity (Wildman–Crippen MR) is 217 cm³/mol. The fourth-order valence-corrected chi connectivity index (χ4v) is 7.43. The number of nitrogens with one attached hydrogen (secondary N) is 3. The minimum absolute atomic E-state index is 0.0159. The topological polar surface area (TPSA) is 151 Å². The number of likely N-dealkylation sites (tertiary alicyclic amines) is 1. The Labute approximate surface area is 341 Å². The number of methoxy groups -OCH3 is 1. The van der Waals surface area contributed by atoms with Crippen LogP contribution < -0.4 is 20.7 Å². The van der Waals surface area contributed by atoms with Crippen LogP contribution in [0, 0.1) is 5.82 Å². The molecule has 3 aromatic heterocycles. The van der Waals surface area contributed by atoms with Gasteiger partial charge in [0, 0.05) is 86.3 Å². The van der Waals surface area contributed by atoms with Crippen molar-refractivity contribution >= 4 is 52.6 Å². The highest BCUT2D eigenvalue weighted by molar-refractivity contribution is 6.39. The van der Waals surface area contributed by atoms with Gasteiger partial charge < -0.3 is 35.2 Å². The van der Waals surface area contributed by atoms with Gasteiger partial charge in [0.15, 0.2) is 11.6 Å². The van der Waals surface area contributed by atoms with E-state index in [0.717, 1.165) is 12.8 Å². The number of hydrogen-bond acceptors (Lipinski definition) is 10. The molecular weight excluding hydrogens is 774 g/mol. The summed E-state index contributed by atoms with van der Waals surface area (Å²) >= 11 is 14.0. The Kier molecular flexibility index (Phi) is 13.2. The minimum atomic E-state index is -0.720. The van der Waals surface area contributed by atoms with Gasteiger partial charge in [0.25, 0.3) is 0 Å². The Bertz CT molecular complexity index is 2130. The number of hydrogen-bond donors (Lipinski definition) is 3. The van der Waals surface area contributed by atoms with E-state index in [4.69, 9.17) is 37.7 Å². The molecule has 0 saturated carbocycles. The molecule has 2 saturated heterocycles. The molecule has 57 heavy (non-hydrogen) atoms. The summed E-state index contributed by atoms with van der Waals surface area (Å²) in [6.45, 7) is 8.99. The second-order valence-corrected chi connectivity index (χ2v) is 15.9. The summed E-state index contributed by atoms with van der Waals surface area (Å²) in [4.78, 5) is 53.8. The van der Waals surface area contributed by atoms with Gasteiger partial charge in [-0.1, -0.05) is 35.3 Å². The van der Waals surface area contributed by atoms with Crippen LogP contribution >= 0.6 is 23.2 Å². The first-order valence-corrected chi connectivity index (χ1v) is 19.6. The summed E-state index contributed by atoms with van der Waals surface area (Å²) in [6, 6.07) is 12.2. The number of carbonyl (C=O) groups is 3. The first-order valence-electron chi connectivity index (χ1n) is 18.8. The maximum atomic E-state index is 15.8. The summed E-state index contributed by atoms with van der Waals surface area (Å²) < 4.78 is 27.1. The van der Waals surface area contributed by atoms with E-state index in [9.17, 15) is 14.4 Å². The number of pyridine rings is 3. The van der Waals surface area contributed by atoms with Crippen molar-refractivity contribution in [2.75, 3.05) is 32.1 Å². The number of amides is 3. The van der Waals surface area contributed by atoms with Crippen LogP contribution in [-0.2, 0) is 27.4 Å². The Morgan fingerprint density at radius 1 is 1.00 bits per heavy atom. The molecule has 302 valence electrons. The van der Waals surface area contributed by atoms with Gasteiger partial charge in [-0.3, -0.25) is 14.6 Å². The Morgan fingerprint density at radius 2 is 1.75 bits per heavy atom. The van der Waals surface area contributed by atoms with Crippen LogP contribution in [0.4, 0.5) is 20.7 Å². The highest BCUT2D eigenvalue weighted by Crippen LogP contribution is 2.41. The normalized spacial score (nSPS) is 16.0. The molecule has 0 bridgehead atoms. The van der Waals surface area contributed by atoms with Crippen LogP contribution in [0.15, 0.2) is 54.9 Å². The number of aromatic nitrogens is 3. The zero-order chi connectivity index (χ0) is 40.9. The molecule has 3 N–H and O–H groups in total. The summed E-state index contributed by atoms with van der Waals surface area (Å²) in [5.74, 6) is -0.195. The lowest BCUT2D eigenvalue weighted by Crippen LogP contribution is -2.44. The lowest BCUT2D eigenvalue weighted by atomic mass is 10.0. The van der Waals surface area contributed by atoms with Gasteiger partial charge in [0.2, 0.25) is 17.7 Å². The number of carbonyl (C=O) groups excluding carboxylic acids is 3. The van der Waals surface area contributed by atoms with Crippen molar-refractivity contribution in [3.63, 3.8) is 0 Å². The molecule has 2 fully saturated rings. The smallest absolute Gasteiger partial charge is 0.410 e. The summed E-state index contributed by atoms with van der Waals surface area (Å²) in [6.07, 6.45) is 5.22. The second-order valence-electron chi connectivity index (χ2n) is 15.1. The standard InChI is InChI=1S/C41H47Cl2FN8O5/c1-24(53)51-19-15-27(16-20-51)47-21-25-13-17-46-38(36(25)44)49-32-8-6-7-30(34(32)42)37-35(43)29(14-18-45-37)31-11-9-26(39(50-31)56-5)22-52(40(55)57-41(2,3)4)23-28-10-12-33(54)48-28/h6-9,11,13-14,17-18,27-28,47H,10,12,15-16,19-23H2,1-5H3,(H,46,49)(H,48,54)/t28-/m0/s1. The SMILES string of the molecule is COc1nc(-c2ccnc(-c3cccc(Nc4nccc(CNC5CCN(C(C)=O)CC5)c4F)c3Cl)c2Cl)ccc1CN(C[C@@H]1CCC(=O)N1)C(=O)OC(C)(C)C. The lowest BCUT2D eigenvalue weighted by Gasteiger charge is -2.31. The maximum absolute atomic E-state index is 15.8. The fraction of sp³-hybridized carbons (Fsp3) is 0.415. The van der Waals surface area contributed by atoms with Gasteiger partial charge >= 0.3 is 6.09 Å². The number of anilines is 2. The van der Waals surface area contributed by atoms with Crippen LogP contribution in [0.2, 0.25) is 10.0 Å². The van der Waals surface area contributed by atoms with Gasteiger partial charge in [0.05, 0.1) is 40.8 Å². The molecular formula is C41H47Cl2FN8O5. The summed E-state index contributed by atoms with van der Waals surface area (Å²) in [7, 11) is 1.49. The molecule has 1 atom stereocenters. The quantitative estimate of drug-likeness (QED) is 0.131. The average Bonchev–Trinajstić information content (AvgIpc) is 3.59. The molecule has 5 heterocycles. The number of ether oxygens (including phenoxy) is 2. The van der Waals surface area contributed by atoms with E-state index in [1.54, 1.807) is 70.3 Å². The monoisotopic (exact) mass is 820 g/mol. The van der Waals surface area contributed by atoms with E-state index in [1.165, 1.54) is 18.2 Å².